The Morgan fingerprint density at radius 2 is 0.278 bits per heavy atom. The first-order valence-corrected chi connectivity index (χ1v) is 55.5. The molecule has 0 amide bonds. The minimum atomic E-state index is 0.542. The fraction of sp³-hybridized carbons (Fsp3) is 0.972. The molecule has 0 aliphatic heterocycles. The van der Waals surface area contributed by atoms with Gasteiger partial charge < -0.3 is 72.8 Å². The minimum absolute atomic E-state index is 0.542. The molecule has 1 rings (SSSR count). The topological polar surface area (TPSA) is 186 Å². The largest absolute Gasteiger partial charge is 0.381 e. The molecule has 1 heterocycles. The van der Waals surface area contributed by atoms with Crippen LogP contribution in [0.1, 0.15) is 485 Å². The van der Waals surface area contributed by atoms with Gasteiger partial charge in [-0.15, -0.1) is 0 Å². The van der Waals surface area contributed by atoms with Crippen LogP contribution in [0.15, 0.2) is 0 Å². The van der Waals surface area contributed by atoms with Gasteiger partial charge in [-0.05, 0) is 191 Å². The molecule has 0 spiro atoms. The van der Waals surface area contributed by atoms with Crippen LogP contribution in [0.25, 0.3) is 0 Å². The third kappa shape index (κ3) is 96.5. The zero-order valence-corrected chi connectivity index (χ0v) is 84.9. The smallest absolute Gasteiger partial charge is 0.229 e. The fourth-order valence-electron chi connectivity index (χ4n) is 16.4. The maximum Gasteiger partial charge on any atom is 0.229 e. The van der Waals surface area contributed by atoms with Crippen LogP contribution in [-0.4, -0.2) is 193 Å². The van der Waals surface area contributed by atoms with E-state index in [4.69, 9.17) is 71.8 Å². The number of nitrogens with one attached hydrogen (secondary N) is 3. The van der Waals surface area contributed by atoms with E-state index in [9.17, 15) is 0 Å². The summed E-state index contributed by atoms with van der Waals surface area (Å²) in [4.78, 5) is 14.2. The van der Waals surface area contributed by atoms with Crippen LogP contribution >= 0.6 is 0 Å². The molecule has 126 heavy (non-hydrogen) atoms. The second-order valence-corrected chi connectivity index (χ2v) is 37.3. The van der Waals surface area contributed by atoms with E-state index in [0.717, 1.165) is 291 Å². The summed E-state index contributed by atoms with van der Waals surface area (Å²) in [7, 11) is 0. The lowest BCUT2D eigenvalue weighted by Crippen LogP contribution is -2.16. The molecular formula is C108H216N6O12. The molecule has 18 nitrogen and oxygen atoms in total. The molecule has 0 radical (unpaired) electrons. The number of nitrogens with zero attached hydrogens (tertiary/aromatic N) is 3. The Morgan fingerprint density at radius 1 is 0.151 bits per heavy atom. The number of hydrogen-bond donors (Lipinski definition) is 3. The first kappa shape index (κ1) is 122. The second-order valence-electron chi connectivity index (χ2n) is 37.3. The van der Waals surface area contributed by atoms with Crippen molar-refractivity contribution in [2.75, 3.05) is 194 Å². The monoisotopic (exact) mass is 1790 g/mol. The predicted molar refractivity (Wildman–Crippen MR) is 538 cm³/mol. The molecule has 0 aliphatic rings. The van der Waals surface area contributed by atoms with Gasteiger partial charge in [-0.2, -0.15) is 15.0 Å². The molecule has 3 N–H and O–H groups in total. The Hall–Kier alpha value is -2.07. The summed E-state index contributed by atoms with van der Waals surface area (Å²) in [5.41, 5.74) is 0. The number of hydrogen-bond acceptors (Lipinski definition) is 18. The van der Waals surface area contributed by atoms with Crippen LogP contribution in [-0.2, 0) is 56.8 Å². The lowest BCUT2D eigenvalue weighted by atomic mass is 9.94. The number of rotatable bonds is 114. The molecule has 3 unspecified atom stereocenters. The van der Waals surface area contributed by atoms with Gasteiger partial charge in [-0.1, -0.05) is 311 Å². The lowest BCUT2D eigenvalue weighted by Gasteiger charge is -2.17. The highest BCUT2D eigenvalue weighted by Gasteiger charge is 2.15. The highest BCUT2D eigenvalue weighted by Crippen LogP contribution is 2.25. The van der Waals surface area contributed by atoms with E-state index in [1.165, 1.54) is 308 Å². The zero-order valence-electron chi connectivity index (χ0n) is 84.9. The molecule has 0 saturated heterocycles. The Bertz CT molecular complexity index is 1910. The van der Waals surface area contributed by atoms with Gasteiger partial charge in [-0.25, -0.2) is 0 Å². The van der Waals surface area contributed by atoms with Crippen molar-refractivity contribution in [2.45, 2.75) is 485 Å². The lowest BCUT2D eigenvalue weighted by molar-refractivity contribution is 0.0731. The molecule has 0 aliphatic carbocycles. The van der Waals surface area contributed by atoms with Crippen LogP contribution in [0.5, 0.6) is 0 Å². The molecule has 0 fully saturated rings. The normalized spacial score (nSPS) is 12.5. The zero-order chi connectivity index (χ0) is 90.1. The van der Waals surface area contributed by atoms with Crippen LogP contribution in [0.2, 0.25) is 0 Å². The summed E-state index contributed by atoms with van der Waals surface area (Å²) in [5, 5.41) is 10.3. The third-order valence-corrected chi connectivity index (χ3v) is 24.7. The SMILES string of the molecule is CCCCCCCCCCC(CCCCCCCC)COCCCCOCCCCOCCCCOCCCNc1nc(NCCCOCCCCOCCCCOCCCCOCC(CCCCCCCC)CCCCCCCCCC)nc(NCCCOCCCCOCCCCOCCCCOCC(CCCCCCCC)CCCCCCCCCC)n1. The van der Waals surface area contributed by atoms with Crippen molar-refractivity contribution in [1.29, 1.82) is 0 Å². The third-order valence-electron chi connectivity index (χ3n) is 24.7. The van der Waals surface area contributed by atoms with Gasteiger partial charge in [0.15, 0.2) is 0 Å². The van der Waals surface area contributed by atoms with Gasteiger partial charge in [0.05, 0.1) is 0 Å². The van der Waals surface area contributed by atoms with E-state index in [1.54, 1.807) is 0 Å². The molecule has 1 aromatic rings. The van der Waals surface area contributed by atoms with Crippen molar-refractivity contribution >= 4 is 17.8 Å². The number of aromatic nitrogens is 3. The Morgan fingerprint density at radius 3 is 0.429 bits per heavy atom. The fourth-order valence-corrected chi connectivity index (χ4v) is 16.4. The van der Waals surface area contributed by atoms with E-state index in [0.29, 0.717) is 57.3 Å². The number of unbranched alkanes of at least 4 members (excludes halogenated alkanes) is 45. The second kappa shape index (κ2) is 108. The Balaban J connectivity index is 2.37. The van der Waals surface area contributed by atoms with Gasteiger partial charge in [-0.3, -0.25) is 0 Å². The summed E-state index contributed by atoms with van der Waals surface area (Å²) in [6, 6.07) is 0. The van der Waals surface area contributed by atoms with Crippen molar-refractivity contribution in [3.05, 3.63) is 0 Å². The van der Waals surface area contributed by atoms with Crippen LogP contribution in [0.3, 0.4) is 0 Å². The molecule has 1 aromatic heterocycles. The highest BCUT2D eigenvalue weighted by atomic mass is 16.5. The van der Waals surface area contributed by atoms with Gasteiger partial charge in [0.2, 0.25) is 17.8 Å². The minimum Gasteiger partial charge on any atom is -0.381 e. The average Bonchev–Trinajstić information content (AvgIpc) is 0.867. The van der Waals surface area contributed by atoms with Gasteiger partial charge >= 0.3 is 0 Å². The van der Waals surface area contributed by atoms with Crippen molar-refractivity contribution in [2.24, 2.45) is 17.8 Å². The summed E-state index contributed by atoms with van der Waals surface area (Å²) in [6.07, 6.45) is 87.4. The quantitative estimate of drug-likeness (QED) is 0.0523. The molecule has 0 saturated carbocycles. The molecule has 3 atom stereocenters. The number of ether oxygens (including phenoxy) is 12. The summed E-state index contributed by atoms with van der Waals surface area (Å²) in [6.45, 7) is 35.1. The average molecular weight is 1790 g/mol. The standard InChI is InChI=1S/C108H216N6O12/c1-7-13-19-25-31-34-40-46-73-103(70-43-37-28-22-16-10-4)100-124-94-64-61-88-118-82-52-49-79-115-85-55-58-91-121-97-67-76-109-106-112-107(110-77-68-98-122-92-59-56-86-116-80-50-53-83-119-89-62-65-95-125-101-104(71-44-38-29-23-17-11-5)74-47-41-35-32-26-20-14-8-2)114-108(113-106)111-78-69-99-123-93-60-57-87-117-81-51-54-84-120-90-63-66-96-126-102-105(72-45-39-30-24-18-12-6)75-48-42-36-33-27-21-15-9-3/h103-105H,7-102H2,1-6H3,(H3,109,110,111,112,113,114). The van der Waals surface area contributed by atoms with Crippen molar-refractivity contribution in [3.63, 3.8) is 0 Å². The van der Waals surface area contributed by atoms with E-state index in [2.05, 4.69) is 57.5 Å². The summed E-state index contributed by atoms with van der Waals surface area (Å²) < 4.78 is 72.6. The van der Waals surface area contributed by atoms with Crippen LogP contribution in [0.4, 0.5) is 17.8 Å². The van der Waals surface area contributed by atoms with Gasteiger partial charge in [0.1, 0.15) is 0 Å². The van der Waals surface area contributed by atoms with Crippen LogP contribution in [0, 0.1) is 17.8 Å². The molecule has 0 aromatic carbocycles. The first-order valence-electron chi connectivity index (χ1n) is 55.5. The Labute approximate surface area is 781 Å². The maximum absolute atomic E-state index is 6.26. The van der Waals surface area contributed by atoms with Crippen molar-refractivity contribution in [1.82, 2.24) is 15.0 Å². The van der Waals surface area contributed by atoms with E-state index in [1.807, 2.05) is 0 Å². The first-order chi connectivity index (χ1) is 62.6. The van der Waals surface area contributed by atoms with Crippen LogP contribution < -0.4 is 16.0 Å². The molecular weight excluding hydrogens is 1570 g/mol. The number of anilines is 3. The van der Waals surface area contributed by atoms with E-state index >= 15 is 0 Å². The van der Waals surface area contributed by atoms with Gasteiger partial charge in [0.25, 0.3) is 0 Å². The molecule has 18 heteroatoms. The Kier molecular flexibility index (Phi) is 105. The molecule has 0 bridgehead atoms. The van der Waals surface area contributed by atoms with Gasteiger partial charge in [0, 0.05) is 178 Å². The summed E-state index contributed by atoms with van der Waals surface area (Å²) >= 11 is 0. The van der Waals surface area contributed by atoms with Crippen molar-refractivity contribution < 1.29 is 56.8 Å². The van der Waals surface area contributed by atoms with E-state index in [-0.39, 0.29) is 0 Å². The highest BCUT2D eigenvalue weighted by molar-refractivity contribution is 5.42. The van der Waals surface area contributed by atoms with Crippen molar-refractivity contribution in [3.8, 4) is 0 Å². The predicted octanol–water partition coefficient (Wildman–Crippen LogP) is 30.2. The molecule has 750 valence electrons. The summed E-state index contributed by atoms with van der Waals surface area (Å²) in [5.74, 6) is 3.82. The maximum atomic E-state index is 6.26. The van der Waals surface area contributed by atoms with E-state index < -0.39 is 0 Å².